The lowest BCUT2D eigenvalue weighted by Gasteiger charge is -2.56. The van der Waals surface area contributed by atoms with Crippen molar-refractivity contribution in [3.8, 4) is 0 Å². The molecule has 0 spiro atoms. The van der Waals surface area contributed by atoms with Crippen molar-refractivity contribution in [2.45, 2.75) is 153 Å². The molecule has 0 heterocycles. The second kappa shape index (κ2) is 11.9. The quantitative estimate of drug-likeness (QED) is 0.174. The summed E-state index contributed by atoms with van der Waals surface area (Å²) in [6.07, 6.45) is 26.0. The molecule has 0 aliphatic heterocycles. The smallest absolute Gasteiger partial charge is 0.328 e. The molecule has 8 fully saturated rings. The third-order valence-corrected chi connectivity index (χ3v) is 12.0. The first-order valence-corrected chi connectivity index (χ1v) is 17.2. The van der Waals surface area contributed by atoms with E-state index in [4.69, 9.17) is 4.74 Å². The molecule has 39 heavy (non-hydrogen) atoms. The van der Waals surface area contributed by atoms with E-state index in [-0.39, 0.29) is 23.0 Å². The van der Waals surface area contributed by atoms with Crippen LogP contribution >= 0.6 is 0 Å². The number of esters is 1. The Morgan fingerprint density at radius 2 is 1.15 bits per heavy atom. The molecule has 2 amide bonds. The number of hydrogen-bond donors (Lipinski definition) is 2. The Kier molecular flexibility index (Phi) is 8.53. The van der Waals surface area contributed by atoms with E-state index in [0.29, 0.717) is 13.0 Å². The maximum Gasteiger partial charge on any atom is 0.328 e. The first-order valence-electron chi connectivity index (χ1n) is 17.2. The van der Waals surface area contributed by atoms with E-state index < -0.39 is 6.04 Å². The fourth-order valence-electron chi connectivity index (χ4n) is 11.2. The maximum atomic E-state index is 13.5. The lowest BCUT2D eigenvalue weighted by molar-refractivity contribution is -0.157. The molecular weight excluding hydrogens is 484 g/mol. The van der Waals surface area contributed by atoms with Crippen LogP contribution in [-0.4, -0.2) is 30.2 Å². The van der Waals surface area contributed by atoms with E-state index in [1.54, 1.807) is 0 Å². The minimum absolute atomic E-state index is 0.0367. The van der Waals surface area contributed by atoms with Gasteiger partial charge in [0, 0.05) is 11.0 Å². The second-order valence-electron chi connectivity index (χ2n) is 15.6. The SMILES string of the molecule is CCCCCCCCCCC(NC(=O)NC12CC3CC(CC(C3)C1)C2)C(=O)OCC12CC3CC(CC(C3)C1)C2. The minimum Gasteiger partial charge on any atom is -0.464 e. The molecule has 0 aromatic carbocycles. The van der Waals surface area contributed by atoms with E-state index in [0.717, 1.165) is 67.6 Å². The van der Waals surface area contributed by atoms with Crippen molar-refractivity contribution < 1.29 is 14.3 Å². The molecule has 5 heteroatoms. The number of rotatable bonds is 14. The fraction of sp³-hybridized carbons (Fsp3) is 0.941. The Balaban J connectivity index is 1.02. The Morgan fingerprint density at radius 3 is 1.67 bits per heavy atom. The number of nitrogens with one attached hydrogen (secondary N) is 2. The normalized spacial score (nSPS) is 40.0. The molecule has 8 aliphatic rings. The Hall–Kier alpha value is -1.26. The third kappa shape index (κ3) is 6.64. The van der Waals surface area contributed by atoms with Gasteiger partial charge in [0.1, 0.15) is 6.04 Å². The van der Waals surface area contributed by atoms with E-state index in [1.807, 2.05) is 0 Å². The predicted molar refractivity (Wildman–Crippen MR) is 155 cm³/mol. The molecule has 1 unspecified atom stereocenters. The maximum absolute atomic E-state index is 13.5. The average molecular weight is 541 g/mol. The van der Waals surface area contributed by atoms with Crippen molar-refractivity contribution in [2.75, 3.05) is 6.61 Å². The molecule has 2 N–H and O–H groups in total. The largest absolute Gasteiger partial charge is 0.464 e. The molecule has 220 valence electrons. The van der Waals surface area contributed by atoms with Crippen molar-refractivity contribution in [3.63, 3.8) is 0 Å². The molecule has 0 aromatic heterocycles. The van der Waals surface area contributed by atoms with Gasteiger partial charge in [-0.1, -0.05) is 58.3 Å². The molecule has 0 aromatic rings. The summed E-state index contributed by atoms with van der Waals surface area (Å²) in [5, 5.41) is 6.58. The lowest BCUT2D eigenvalue weighted by Crippen LogP contribution is -2.62. The number of ether oxygens (including phenoxy) is 1. The van der Waals surface area contributed by atoms with Crippen LogP contribution in [0.3, 0.4) is 0 Å². The van der Waals surface area contributed by atoms with Crippen molar-refractivity contribution >= 4 is 12.0 Å². The third-order valence-electron chi connectivity index (χ3n) is 12.0. The summed E-state index contributed by atoms with van der Waals surface area (Å²) in [6.45, 7) is 2.83. The topological polar surface area (TPSA) is 67.4 Å². The van der Waals surface area contributed by atoms with E-state index in [1.165, 1.54) is 96.3 Å². The van der Waals surface area contributed by atoms with Gasteiger partial charge in [0.15, 0.2) is 0 Å². The number of amides is 2. The molecule has 0 saturated heterocycles. The molecule has 8 bridgehead atoms. The van der Waals surface area contributed by atoms with Crippen LogP contribution in [0.2, 0.25) is 0 Å². The highest BCUT2D eigenvalue weighted by atomic mass is 16.5. The Labute approximate surface area is 237 Å². The van der Waals surface area contributed by atoms with Gasteiger partial charge in [-0.3, -0.25) is 0 Å². The average Bonchev–Trinajstić information content (AvgIpc) is 2.86. The summed E-state index contributed by atoms with van der Waals surface area (Å²) in [6, 6.07) is -0.652. The summed E-state index contributed by atoms with van der Waals surface area (Å²) in [7, 11) is 0. The van der Waals surface area contributed by atoms with Crippen molar-refractivity contribution in [3.05, 3.63) is 0 Å². The summed E-state index contributed by atoms with van der Waals surface area (Å²) in [5.74, 6) is 4.74. The van der Waals surface area contributed by atoms with Gasteiger partial charge in [0.2, 0.25) is 0 Å². The molecular formula is C34H56N2O3. The van der Waals surface area contributed by atoms with Gasteiger partial charge in [-0.2, -0.15) is 0 Å². The Bertz CT molecular complexity index is 798. The molecule has 8 aliphatic carbocycles. The zero-order chi connectivity index (χ0) is 26.9. The summed E-state index contributed by atoms with van der Waals surface area (Å²) in [5.41, 5.74) is 0.180. The molecule has 8 saturated carbocycles. The van der Waals surface area contributed by atoms with Gasteiger partial charge in [-0.25, -0.2) is 9.59 Å². The predicted octanol–water partition coefficient (Wildman–Crippen LogP) is 7.91. The zero-order valence-corrected chi connectivity index (χ0v) is 24.8. The molecule has 8 rings (SSSR count). The van der Waals surface area contributed by atoms with Crippen molar-refractivity contribution in [1.29, 1.82) is 0 Å². The number of carbonyl (C=O) groups is 2. The second-order valence-corrected chi connectivity index (χ2v) is 15.6. The highest BCUT2D eigenvalue weighted by Gasteiger charge is 2.53. The van der Waals surface area contributed by atoms with Gasteiger partial charge in [0.05, 0.1) is 6.61 Å². The van der Waals surface area contributed by atoms with Gasteiger partial charge in [-0.05, 0) is 119 Å². The van der Waals surface area contributed by atoms with Crippen molar-refractivity contribution in [1.82, 2.24) is 10.6 Å². The highest BCUT2D eigenvalue weighted by Crippen LogP contribution is 2.60. The van der Waals surface area contributed by atoms with Crippen molar-refractivity contribution in [2.24, 2.45) is 40.9 Å². The summed E-state index contributed by atoms with van der Waals surface area (Å²) >= 11 is 0. The lowest BCUT2D eigenvalue weighted by atomic mass is 9.50. The van der Waals surface area contributed by atoms with Gasteiger partial charge in [-0.15, -0.1) is 0 Å². The van der Waals surface area contributed by atoms with E-state index in [9.17, 15) is 9.59 Å². The highest BCUT2D eigenvalue weighted by molar-refractivity contribution is 5.84. The van der Waals surface area contributed by atoms with Crippen LogP contribution in [0.1, 0.15) is 142 Å². The molecule has 0 radical (unpaired) electrons. The van der Waals surface area contributed by atoms with Crippen LogP contribution in [0.25, 0.3) is 0 Å². The molecule has 1 atom stereocenters. The summed E-state index contributed by atoms with van der Waals surface area (Å²) < 4.78 is 6.12. The number of hydrogen-bond acceptors (Lipinski definition) is 3. The van der Waals surface area contributed by atoms with Crippen LogP contribution in [0, 0.1) is 40.9 Å². The number of carbonyl (C=O) groups excluding carboxylic acids is 2. The van der Waals surface area contributed by atoms with Crippen LogP contribution in [-0.2, 0) is 9.53 Å². The minimum atomic E-state index is -0.520. The van der Waals surface area contributed by atoms with Crippen LogP contribution in [0.15, 0.2) is 0 Å². The monoisotopic (exact) mass is 540 g/mol. The van der Waals surface area contributed by atoms with Gasteiger partial charge in [0.25, 0.3) is 0 Å². The van der Waals surface area contributed by atoms with Crippen LogP contribution in [0.4, 0.5) is 4.79 Å². The molecule has 5 nitrogen and oxygen atoms in total. The Morgan fingerprint density at radius 1 is 0.692 bits per heavy atom. The number of unbranched alkanes of at least 4 members (excludes halogenated alkanes) is 7. The van der Waals surface area contributed by atoms with Gasteiger partial charge < -0.3 is 15.4 Å². The van der Waals surface area contributed by atoms with Gasteiger partial charge >= 0.3 is 12.0 Å². The summed E-state index contributed by atoms with van der Waals surface area (Å²) in [4.78, 5) is 26.9. The fourth-order valence-corrected chi connectivity index (χ4v) is 11.2. The first kappa shape index (κ1) is 27.9. The zero-order valence-electron chi connectivity index (χ0n) is 24.8. The van der Waals surface area contributed by atoms with Crippen LogP contribution in [0.5, 0.6) is 0 Å². The number of urea groups is 1. The first-order chi connectivity index (χ1) is 18.9. The van der Waals surface area contributed by atoms with E-state index in [2.05, 4.69) is 17.6 Å². The van der Waals surface area contributed by atoms with Crippen LogP contribution < -0.4 is 10.6 Å². The standard InChI is InChI=1S/C34H56N2O3/c1-2-3-4-5-6-7-8-9-10-30(31(37)39-23-33-17-24-11-25(18-33)13-26(12-24)19-33)35-32(38)36-34-20-27-14-28(21-34)16-29(15-27)22-34/h24-30H,2-23H2,1H3,(H2,35,36,38). The van der Waals surface area contributed by atoms with E-state index >= 15 is 0 Å².